The Hall–Kier alpha value is -3.26. The Morgan fingerprint density at radius 2 is 1.70 bits per heavy atom. The lowest BCUT2D eigenvalue weighted by Gasteiger charge is -2.36. The van der Waals surface area contributed by atoms with Gasteiger partial charge in [0.15, 0.2) is 0 Å². The first-order chi connectivity index (χ1) is 16.0. The van der Waals surface area contributed by atoms with Crippen LogP contribution in [0.1, 0.15) is 40.0 Å². The number of piperidine rings is 1. The van der Waals surface area contributed by atoms with Gasteiger partial charge in [-0.15, -0.1) is 0 Å². The molecule has 2 aromatic rings. The van der Waals surface area contributed by atoms with Crippen molar-refractivity contribution >= 4 is 17.7 Å². The van der Waals surface area contributed by atoms with Crippen LogP contribution in [0.2, 0.25) is 0 Å². The molecule has 7 nitrogen and oxygen atoms in total. The van der Waals surface area contributed by atoms with E-state index in [4.69, 9.17) is 4.74 Å². The number of halogens is 1. The van der Waals surface area contributed by atoms with Gasteiger partial charge in [-0.25, -0.2) is 4.39 Å². The fourth-order valence-electron chi connectivity index (χ4n) is 3.96. The number of nitrogens with one attached hydrogen (secondary N) is 2. The van der Waals surface area contributed by atoms with Crippen molar-refractivity contribution in [3.63, 3.8) is 0 Å². The first kappa shape index (κ1) is 24.4. The molecule has 1 saturated heterocycles. The van der Waals surface area contributed by atoms with E-state index in [9.17, 15) is 18.8 Å². The summed E-state index contributed by atoms with van der Waals surface area (Å²) in [5.74, 6) is -1.21. The number of amides is 3. The van der Waals surface area contributed by atoms with E-state index in [0.717, 1.165) is 0 Å². The fraction of sp³-hybridized carbons (Fsp3) is 0.400. The maximum atomic E-state index is 13.2. The molecule has 3 rings (SSSR count). The highest BCUT2D eigenvalue weighted by atomic mass is 19.1. The van der Waals surface area contributed by atoms with Crippen LogP contribution < -0.4 is 10.6 Å². The molecule has 0 aliphatic carbocycles. The van der Waals surface area contributed by atoms with E-state index in [1.165, 1.54) is 24.3 Å². The third-order valence-electron chi connectivity index (χ3n) is 5.82. The molecule has 8 heteroatoms. The summed E-state index contributed by atoms with van der Waals surface area (Å²) in [5.41, 5.74) is 0.915. The summed E-state index contributed by atoms with van der Waals surface area (Å²) in [6.07, 6.45) is 1.81. The Morgan fingerprint density at radius 1 is 1.03 bits per heavy atom. The number of likely N-dealkylation sites (tertiary alicyclic amines) is 1. The van der Waals surface area contributed by atoms with Gasteiger partial charge in [0, 0.05) is 44.5 Å². The number of hydrogen-bond acceptors (Lipinski definition) is 4. The molecule has 176 valence electrons. The van der Waals surface area contributed by atoms with Crippen LogP contribution in [0.4, 0.5) is 4.39 Å². The summed E-state index contributed by atoms with van der Waals surface area (Å²) in [4.78, 5) is 40.2. The summed E-state index contributed by atoms with van der Waals surface area (Å²) in [6.45, 7) is 1.89. The lowest BCUT2D eigenvalue weighted by Crippen LogP contribution is -2.54. The first-order valence-corrected chi connectivity index (χ1v) is 11.2. The third kappa shape index (κ3) is 6.86. The Balaban J connectivity index is 1.64. The zero-order valence-electron chi connectivity index (χ0n) is 18.8. The zero-order chi connectivity index (χ0) is 23.6. The average Bonchev–Trinajstić information content (AvgIpc) is 2.85. The molecule has 0 spiro atoms. The molecule has 2 aromatic carbocycles. The lowest BCUT2D eigenvalue weighted by atomic mass is 9.88. The molecule has 1 atom stereocenters. The number of hydrogen-bond donors (Lipinski definition) is 2. The van der Waals surface area contributed by atoms with Crippen LogP contribution in [0.15, 0.2) is 54.6 Å². The molecule has 0 bridgehead atoms. The number of benzene rings is 2. The normalized spacial score (nSPS) is 15.0. The smallest absolute Gasteiger partial charge is 0.253 e. The van der Waals surface area contributed by atoms with E-state index in [1.807, 2.05) is 6.07 Å². The second-order valence-electron chi connectivity index (χ2n) is 8.09. The minimum absolute atomic E-state index is 0.114. The Bertz CT molecular complexity index is 928. The van der Waals surface area contributed by atoms with E-state index in [1.54, 1.807) is 36.3 Å². The van der Waals surface area contributed by atoms with Gasteiger partial charge in [0.05, 0.1) is 0 Å². The molecule has 0 saturated carbocycles. The van der Waals surface area contributed by atoms with Crippen LogP contribution in [-0.2, 0) is 9.53 Å². The molecule has 0 aromatic heterocycles. The van der Waals surface area contributed by atoms with Crippen molar-refractivity contribution in [3.8, 4) is 0 Å². The molecular formula is C25H30FN3O4. The van der Waals surface area contributed by atoms with E-state index in [2.05, 4.69) is 10.6 Å². The molecule has 0 unspecified atom stereocenters. The van der Waals surface area contributed by atoms with E-state index in [0.29, 0.717) is 56.6 Å². The van der Waals surface area contributed by atoms with E-state index >= 15 is 0 Å². The van der Waals surface area contributed by atoms with Gasteiger partial charge >= 0.3 is 0 Å². The van der Waals surface area contributed by atoms with Crippen molar-refractivity contribution in [1.82, 2.24) is 15.5 Å². The predicted molar refractivity (Wildman–Crippen MR) is 122 cm³/mol. The summed E-state index contributed by atoms with van der Waals surface area (Å²) in [6, 6.07) is 13.5. The number of rotatable bonds is 9. The molecular weight excluding hydrogens is 425 g/mol. The van der Waals surface area contributed by atoms with Gasteiger partial charge in [-0.3, -0.25) is 14.4 Å². The summed E-state index contributed by atoms with van der Waals surface area (Å²) in [5, 5.41) is 5.79. The molecule has 33 heavy (non-hydrogen) atoms. The second-order valence-corrected chi connectivity index (χ2v) is 8.09. The van der Waals surface area contributed by atoms with Crippen molar-refractivity contribution < 1.29 is 23.5 Å². The van der Waals surface area contributed by atoms with Gasteiger partial charge in [-0.2, -0.15) is 0 Å². The number of methoxy groups -OCH3 is 1. The monoisotopic (exact) mass is 455 g/mol. The van der Waals surface area contributed by atoms with Gasteiger partial charge in [-0.1, -0.05) is 18.2 Å². The van der Waals surface area contributed by atoms with Crippen LogP contribution in [0.3, 0.4) is 0 Å². The highest BCUT2D eigenvalue weighted by Crippen LogP contribution is 2.23. The van der Waals surface area contributed by atoms with Crippen molar-refractivity contribution in [2.24, 2.45) is 5.92 Å². The molecule has 1 fully saturated rings. The fourth-order valence-corrected chi connectivity index (χ4v) is 3.96. The number of carbonyl (C=O) groups excluding carboxylic acids is 3. The zero-order valence-corrected chi connectivity index (χ0v) is 18.8. The summed E-state index contributed by atoms with van der Waals surface area (Å²) >= 11 is 0. The SMILES string of the molecule is COCCCNC(=O)[C@H](NC(=O)c1ccccc1)C1CCN(C(=O)c2ccc(F)cc2)CC1. The van der Waals surface area contributed by atoms with Crippen molar-refractivity contribution in [2.45, 2.75) is 25.3 Å². The minimum atomic E-state index is -0.705. The van der Waals surface area contributed by atoms with Gasteiger partial charge in [-0.05, 0) is 61.6 Å². The average molecular weight is 456 g/mol. The predicted octanol–water partition coefficient (Wildman–Crippen LogP) is 2.63. The van der Waals surface area contributed by atoms with Crippen LogP contribution in [-0.4, -0.2) is 62.0 Å². The van der Waals surface area contributed by atoms with Crippen LogP contribution >= 0.6 is 0 Å². The van der Waals surface area contributed by atoms with E-state index < -0.39 is 11.9 Å². The van der Waals surface area contributed by atoms with Crippen molar-refractivity contribution in [1.29, 1.82) is 0 Å². The van der Waals surface area contributed by atoms with Gasteiger partial charge in [0.25, 0.3) is 11.8 Å². The van der Waals surface area contributed by atoms with Crippen molar-refractivity contribution in [3.05, 3.63) is 71.5 Å². The number of carbonyl (C=O) groups is 3. The number of nitrogens with zero attached hydrogens (tertiary/aromatic N) is 1. The van der Waals surface area contributed by atoms with Gasteiger partial charge in [0.1, 0.15) is 11.9 Å². The van der Waals surface area contributed by atoms with E-state index in [-0.39, 0.29) is 23.6 Å². The maximum absolute atomic E-state index is 13.2. The first-order valence-electron chi connectivity index (χ1n) is 11.2. The lowest BCUT2D eigenvalue weighted by molar-refractivity contribution is -0.124. The van der Waals surface area contributed by atoms with Gasteiger partial charge < -0.3 is 20.3 Å². The largest absolute Gasteiger partial charge is 0.385 e. The van der Waals surface area contributed by atoms with Crippen LogP contribution in [0.5, 0.6) is 0 Å². The van der Waals surface area contributed by atoms with Gasteiger partial charge in [0.2, 0.25) is 5.91 Å². The number of ether oxygens (including phenoxy) is 1. The quantitative estimate of drug-likeness (QED) is 0.569. The maximum Gasteiger partial charge on any atom is 0.253 e. The topological polar surface area (TPSA) is 87.7 Å². The van der Waals surface area contributed by atoms with Crippen LogP contribution in [0, 0.1) is 11.7 Å². The standard InChI is InChI=1S/C25H30FN3O4/c1-33-17-5-14-27-24(31)22(28-23(30)19-6-3-2-4-7-19)18-12-15-29(16-13-18)25(32)20-8-10-21(26)11-9-20/h2-4,6-11,18,22H,5,12-17H2,1H3,(H,27,31)(H,28,30)/t22-/m1/s1. The molecule has 1 aliphatic heterocycles. The highest BCUT2D eigenvalue weighted by Gasteiger charge is 2.34. The molecule has 1 aliphatic rings. The second kappa shape index (κ2) is 12.1. The van der Waals surface area contributed by atoms with Crippen LogP contribution in [0.25, 0.3) is 0 Å². The molecule has 1 heterocycles. The Morgan fingerprint density at radius 3 is 2.33 bits per heavy atom. The third-order valence-corrected chi connectivity index (χ3v) is 5.82. The molecule has 0 radical (unpaired) electrons. The highest BCUT2D eigenvalue weighted by molar-refractivity contribution is 5.97. The minimum Gasteiger partial charge on any atom is -0.385 e. The Kier molecular flexibility index (Phi) is 8.95. The molecule has 3 amide bonds. The summed E-state index contributed by atoms with van der Waals surface area (Å²) < 4.78 is 18.2. The Labute approximate surface area is 193 Å². The summed E-state index contributed by atoms with van der Waals surface area (Å²) in [7, 11) is 1.60. The van der Waals surface area contributed by atoms with Crippen molar-refractivity contribution in [2.75, 3.05) is 33.4 Å². The molecule has 2 N–H and O–H groups in total.